The van der Waals surface area contributed by atoms with Gasteiger partial charge in [0.05, 0.1) is 17.0 Å². The monoisotopic (exact) mass is 386 g/mol. The van der Waals surface area contributed by atoms with Gasteiger partial charge in [-0.2, -0.15) is 0 Å². The third-order valence-electron chi connectivity index (χ3n) is 5.06. The van der Waals surface area contributed by atoms with Gasteiger partial charge in [-0.3, -0.25) is 4.79 Å². The van der Waals surface area contributed by atoms with Gasteiger partial charge in [-0.1, -0.05) is 54.1 Å². The minimum absolute atomic E-state index is 0.147. The molecule has 0 aliphatic carbocycles. The Bertz CT molecular complexity index is 884. The van der Waals surface area contributed by atoms with Crippen molar-refractivity contribution in [3.8, 4) is 11.1 Å². The molecule has 7 heteroatoms. The van der Waals surface area contributed by atoms with Crippen LogP contribution in [0.2, 0.25) is 5.02 Å². The summed E-state index contributed by atoms with van der Waals surface area (Å²) >= 11 is 6.64. The van der Waals surface area contributed by atoms with Crippen LogP contribution in [0.15, 0.2) is 42.5 Å². The normalized spacial score (nSPS) is 24.9. The lowest BCUT2D eigenvalue weighted by Gasteiger charge is -2.27. The number of benzene rings is 2. The first-order chi connectivity index (χ1) is 13.0. The summed E-state index contributed by atoms with van der Waals surface area (Å²) in [6.45, 7) is 0.317. The third kappa shape index (κ3) is 3.50. The van der Waals surface area contributed by atoms with Gasteiger partial charge >= 0.3 is 6.09 Å². The van der Waals surface area contributed by atoms with E-state index in [0.717, 1.165) is 22.3 Å². The number of aliphatic hydroxyl groups is 1. The number of carbonyl (C=O) groups excluding carboxylic acids is 2. The number of piperidine rings is 1. The Morgan fingerprint density at radius 2 is 1.81 bits per heavy atom. The average molecular weight is 387 g/mol. The summed E-state index contributed by atoms with van der Waals surface area (Å²) in [5.74, 6) is -0.578. The van der Waals surface area contributed by atoms with Gasteiger partial charge in [-0.05, 0) is 29.5 Å². The Hall–Kier alpha value is -2.57. The molecule has 0 saturated carbocycles. The molecule has 27 heavy (non-hydrogen) atoms. The molecular formula is C20H19ClN2O4. The average Bonchev–Trinajstić information content (AvgIpc) is 3.09. The van der Waals surface area contributed by atoms with Crippen LogP contribution in [0.4, 0.5) is 4.79 Å². The van der Waals surface area contributed by atoms with E-state index in [-0.39, 0.29) is 17.9 Å². The van der Waals surface area contributed by atoms with Crippen molar-refractivity contribution in [3.05, 3.63) is 58.6 Å². The van der Waals surface area contributed by atoms with Crippen LogP contribution in [0, 0.1) is 0 Å². The number of ether oxygens (including phenoxy) is 1. The first-order valence-electron chi connectivity index (χ1n) is 8.83. The van der Waals surface area contributed by atoms with Crippen molar-refractivity contribution >= 4 is 23.6 Å². The summed E-state index contributed by atoms with van der Waals surface area (Å²) in [6.07, 6.45) is -0.142. The molecule has 2 heterocycles. The quantitative estimate of drug-likeness (QED) is 0.756. The second-order valence-corrected chi connectivity index (χ2v) is 7.16. The van der Waals surface area contributed by atoms with Gasteiger partial charge in [0, 0.05) is 5.56 Å². The molecule has 2 amide bonds. The summed E-state index contributed by atoms with van der Waals surface area (Å²) in [4.78, 5) is 23.4. The Labute approximate surface area is 161 Å². The lowest BCUT2D eigenvalue weighted by atomic mass is 9.88. The van der Waals surface area contributed by atoms with Gasteiger partial charge in [0.25, 0.3) is 0 Å². The number of halogens is 1. The van der Waals surface area contributed by atoms with Crippen molar-refractivity contribution in [1.29, 1.82) is 0 Å². The summed E-state index contributed by atoms with van der Waals surface area (Å²) in [5.41, 5.74) is 3.48. The highest BCUT2D eigenvalue weighted by atomic mass is 35.5. The number of hydrogen-bond acceptors (Lipinski definition) is 4. The van der Waals surface area contributed by atoms with Crippen LogP contribution in [0.5, 0.6) is 0 Å². The summed E-state index contributed by atoms with van der Waals surface area (Å²) < 4.78 is 4.93. The van der Waals surface area contributed by atoms with Gasteiger partial charge in [0.15, 0.2) is 0 Å². The zero-order chi connectivity index (χ0) is 19.0. The van der Waals surface area contributed by atoms with Crippen LogP contribution in [0.3, 0.4) is 0 Å². The maximum absolute atomic E-state index is 12.2. The summed E-state index contributed by atoms with van der Waals surface area (Å²) in [7, 11) is 0. The van der Waals surface area contributed by atoms with Crippen molar-refractivity contribution in [1.82, 2.24) is 10.6 Å². The first-order valence-corrected chi connectivity index (χ1v) is 9.21. The second kappa shape index (κ2) is 7.21. The summed E-state index contributed by atoms with van der Waals surface area (Å²) in [6, 6.07) is 13.2. The minimum Gasteiger partial charge on any atom is -0.447 e. The zero-order valence-corrected chi connectivity index (χ0v) is 15.2. The number of carbonyl (C=O) groups is 2. The van der Waals surface area contributed by atoms with E-state index in [4.69, 9.17) is 16.3 Å². The minimum atomic E-state index is -0.789. The smallest absolute Gasteiger partial charge is 0.407 e. The molecule has 6 nitrogen and oxygen atoms in total. The topological polar surface area (TPSA) is 87.7 Å². The van der Waals surface area contributed by atoms with Crippen LogP contribution in [-0.4, -0.2) is 29.9 Å². The molecule has 2 aromatic carbocycles. The number of nitrogens with one attached hydrogen (secondary N) is 2. The van der Waals surface area contributed by atoms with Gasteiger partial charge < -0.3 is 20.5 Å². The molecule has 3 atom stereocenters. The van der Waals surface area contributed by atoms with Gasteiger partial charge in [0.2, 0.25) is 5.91 Å². The van der Waals surface area contributed by atoms with E-state index in [0.29, 0.717) is 24.5 Å². The molecule has 2 aromatic rings. The van der Waals surface area contributed by atoms with Crippen LogP contribution < -0.4 is 10.6 Å². The Balaban J connectivity index is 1.61. The standard InChI is InChI=1S/C20H19ClN2O4/c21-18-13(2-1-3-14(18)15-8-9-17(24)23-19(15)25)11-4-6-12(7-5-11)16-10-27-20(26)22-16/h1-7,15-17,24H,8-10H2,(H,22,26)(H,23,25). The number of amides is 2. The van der Waals surface area contributed by atoms with Crippen molar-refractivity contribution in [2.75, 3.05) is 6.61 Å². The Morgan fingerprint density at radius 3 is 2.48 bits per heavy atom. The van der Waals surface area contributed by atoms with Gasteiger partial charge in [-0.15, -0.1) is 0 Å². The highest BCUT2D eigenvalue weighted by Crippen LogP contribution is 2.37. The fourth-order valence-electron chi connectivity index (χ4n) is 3.59. The molecule has 0 radical (unpaired) electrons. The van der Waals surface area contributed by atoms with E-state index in [1.54, 1.807) is 0 Å². The van der Waals surface area contributed by atoms with Crippen molar-refractivity contribution < 1.29 is 19.4 Å². The first kappa shape index (κ1) is 17.8. The van der Waals surface area contributed by atoms with E-state index < -0.39 is 12.3 Å². The van der Waals surface area contributed by atoms with E-state index in [1.165, 1.54) is 0 Å². The van der Waals surface area contributed by atoms with E-state index in [2.05, 4.69) is 10.6 Å². The fourth-order valence-corrected chi connectivity index (χ4v) is 3.96. The maximum Gasteiger partial charge on any atom is 0.407 e. The highest BCUT2D eigenvalue weighted by Gasteiger charge is 2.30. The van der Waals surface area contributed by atoms with E-state index in [9.17, 15) is 14.7 Å². The van der Waals surface area contributed by atoms with E-state index in [1.807, 2.05) is 42.5 Å². The molecule has 3 N–H and O–H groups in total. The Kier molecular flexibility index (Phi) is 4.76. The van der Waals surface area contributed by atoms with Crippen molar-refractivity contribution in [2.24, 2.45) is 0 Å². The van der Waals surface area contributed by atoms with Crippen LogP contribution in [0.1, 0.15) is 35.9 Å². The Morgan fingerprint density at radius 1 is 1.04 bits per heavy atom. The number of aliphatic hydroxyl groups excluding tert-OH is 1. The van der Waals surface area contributed by atoms with Crippen molar-refractivity contribution in [3.63, 3.8) is 0 Å². The second-order valence-electron chi connectivity index (χ2n) is 6.78. The van der Waals surface area contributed by atoms with E-state index >= 15 is 0 Å². The number of cyclic esters (lactones) is 1. The molecule has 0 aromatic heterocycles. The number of alkyl carbamates (subject to hydrolysis) is 1. The largest absolute Gasteiger partial charge is 0.447 e. The zero-order valence-electron chi connectivity index (χ0n) is 14.4. The third-order valence-corrected chi connectivity index (χ3v) is 5.48. The van der Waals surface area contributed by atoms with Gasteiger partial charge in [0.1, 0.15) is 12.8 Å². The number of rotatable bonds is 3. The molecule has 2 fully saturated rings. The van der Waals surface area contributed by atoms with Crippen molar-refractivity contribution in [2.45, 2.75) is 31.0 Å². The molecule has 0 spiro atoms. The predicted octanol–water partition coefficient (Wildman–Crippen LogP) is 3.10. The molecule has 0 bridgehead atoms. The van der Waals surface area contributed by atoms with Crippen LogP contribution in [-0.2, 0) is 9.53 Å². The molecule has 2 saturated heterocycles. The van der Waals surface area contributed by atoms with Gasteiger partial charge in [-0.25, -0.2) is 4.79 Å². The lowest BCUT2D eigenvalue weighted by Crippen LogP contribution is -2.42. The molecule has 140 valence electrons. The highest BCUT2D eigenvalue weighted by molar-refractivity contribution is 6.34. The molecular weight excluding hydrogens is 368 g/mol. The van der Waals surface area contributed by atoms with Crippen LogP contribution >= 0.6 is 11.6 Å². The number of hydrogen-bond donors (Lipinski definition) is 3. The lowest BCUT2D eigenvalue weighted by molar-refractivity contribution is -0.128. The van der Waals surface area contributed by atoms with Crippen LogP contribution in [0.25, 0.3) is 11.1 Å². The fraction of sp³-hybridized carbons (Fsp3) is 0.300. The molecule has 4 rings (SSSR count). The molecule has 2 aliphatic rings. The SMILES string of the molecule is O=C1NC(c2ccc(-c3cccc(C4CCC(O)NC4=O)c3Cl)cc2)CO1. The molecule has 2 aliphatic heterocycles. The summed E-state index contributed by atoms with van der Waals surface area (Å²) in [5, 5.41) is 15.4. The molecule has 3 unspecified atom stereocenters. The predicted molar refractivity (Wildman–Crippen MR) is 100 cm³/mol. The maximum atomic E-state index is 12.2.